The van der Waals surface area contributed by atoms with Crippen molar-refractivity contribution in [3.63, 3.8) is 0 Å². The minimum absolute atomic E-state index is 0.0392. The summed E-state index contributed by atoms with van der Waals surface area (Å²) in [5.41, 5.74) is 1.79. The molecule has 126 valence electrons. The Morgan fingerprint density at radius 3 is 2.29 bits per heavy atom. The SMILES string of the molecule is CC(C)(C)OC(=O)[C@@H]1[C@@H](c2ccc(Cl)cc2)N1Cc1ccccc1. The molecule has 0 aliphatic carbocycles. The van der Waals surface area contributed by atoms with E-state index in [2.05, 4.69) is 17.0 Å². The van der Waals surface area contributed by atoms with Gasteiger partial charge in [-0.1, -0.05) is 54.1 Å². The van der Waals surface area contributed by atoms with Crippen LogP contribution < -0.4 is 0 Å². The fraction of sp³-hybridized carbons (Fsp3) is 0.350. The number of hydrogen-bond donors (Lipinski definition) is 0. The summed E-state index contributed by atoms with van der Waals surface area (Å²) in [5, 5.41) is 0.697. The molecule has 3 nitrogen and oxygen atoms in total. The van der Waals surface area contributed by atoms with E-state index in [1.165, 1.54) is 5.56 Å². The lowest BCUT2D eigenvalue weighted by atomic mass is 10.1. The fourth-order valence-electron chi connectivity index (χ4n) is 2.93. The van der Waals surface area contributed by atoms with Crippen molar-refractivity contribution in [1.29, 1.82) is 0 Å². The molecule has 3 rings (SSSR count). The third kappa shape index (κ3) is 3.97. The van der Waals surface area contributed by atoms with Crippen LogP contribution in [0, 0.1) is 0 Å². The van der Waals surface area contributed by atoms with Crippen molar-refractivity contribution in [2.75, 3.05) is 0 Å². The lowest BCUT2D eigenvalue weighted by molar-refractivity contribution is -0.155. The molecule has 0 spiro atoms. The van der Waals surface area contributed by atoms with E-state index in [4.69, 9.17) is 16.3 Å². The van der Waals surface area contributed by atoms with Gasteiger partial charge >= 0.3 is 5.97 Å². The van der Waals surface area contributed by atoms with Gasteiger partial charge in [0.15, 0.2) is 0 Å². The maximum Gasteiger partial charge on any atom is 0.325 e. The van der Waals surface area contributed by atoms with Crippen LogP contribution in [-0.2, 0) is 16.1 Å². The van der Waals surface area contributed by atoms with Crippen LogP contribution in [0.25, 0.3) is 0 Å². The highest BCUT2D eigenvalue weighted by atomic mass is 35.5. The van der Waals surface area contributed by atoms with Crippen LogP contribution in [0.2, 0.25) is 5.02 Å². The second-order valence-electron chi connectivity index (χ2n) is 7.13. The average Bonchev–Trinajstić information content (AvgIpc) is 3.21. The van der Waals surface area contributed by atoms with Gasteiger partial charge < -0.3 is 4.74 Å². The van der Waals surface area contributed by atoms with E-state index in [0.717, 1.165) is 12.1 Å². The minimum atomic E-state index is -0.483. The Labute approximate surface area is 148 Å². The number of carbonyl (C=O) groups is 1. The number of ether oxygens (including phenoxy) is 1. The van der Waals surface area contributed by atoms with E-state index in [-0.39, 0.29) is 18.1 Å². The van der Waals surface area contributed by atoms with Gasteiger partial charge in [0, 0.05) is 11.6 Å². The van der Waals surface area contributed by atoms with Crippen molar-refractivity contribution in [2.24, 2.45) is 0 Å². The van der Waals surface area contributed by atoms with Crippen LogP contribution in [0.3, 0.4) is 0 Å². The molecular formula is C20H22ClNO2. The first-order chi connectivity index (χ1) is 11.3. The molecule has 0 bridgehead atoms. The monoisotopic (exact) mass is 343 g/mol. The van der Waals surface area contributed by atoms with Crippen molar-refractivity contribution in [2.45, 2.75) is 45.0 Å². The molecule has 0 aromatic heterocycles. The molecule has 1 fully saturated rings. The summed E-state index contributed by atoms with van der Waals surface area (Å²) < 4.78 is 5.60. The van der Waals surface area contributed by atoms with Crippen molar-refractivity contribution in [3.05, 3.63) is 70.7 Å². The van der Waals surface area contributed by atoms with Gasteiger partial charge in [0.2, 0.25) is 0 Å². The second-order valence-corrected chi connectivity index (χ2v) is 7.57. The summed E-state index contributed by atoms with van der Waals surface area (Å²) in [5.74, 6) is -0.168. The summed E-state index contributed by atoms with van der Waals surface area (Å²) in [6.07, 6.45) is 0. The summed E-state index contributed by atoms with van der Waals surface area (Å²) in [7, 11) is 0. The molecule has 0 radical (unpaired) electrons. The van der Waals surface area contributed by atoms with E-state index in [1.807, 2.05) is 63.2 Å². The number of rotatable bonds is 4. The number of halogens is 1. The maximum absolute atomic E-state index is 12.6. The van der Waals surface area contributed by atoms with Gasteiger partial charge in [0.25, 0.3) is 0 Å². The van der Waals surface area contributed by atoms with Crippen LogP contribution in [-0.4, -0.2) is 22.5 Å². The van der Waals surface area contributed by atoms with E-state index < -0.39 is 5.60 Å². The zero-order valence-corrected chi connectivity index (χ0v) is 15.0. The van der Waals surface area contributed by atoms with Gasteiger partial charge in [-0.3, -0.25) is 9.69 Å². The fourth-order valence-corrected chi connectivity index (χ4v) is 3.05. The van der Waals surface area contributed by atoms with Gasteiger partial charge in [-0.05, 0) is 44.0 Å². The molecule has 1 saturated heterocycles. The van der Waals surface area contributed by atoms with E-state index in [1.54, 1.807) is 0 Å². The topological polar surface area (TPSA) is 29.3 Å². The summed E-state index contributed by atoms with van der Waals surface area (Å²) in [4.78, 5) is 14.7. The van der Waals surface area contributed by atoms with Crippen molar-refractivity contribution in [1.82, 2.24) is 4.90 Å². The van der Waals surface area contributed by atoms with Gasteiger partial charge in [-0.15, -0.1) is 0 Å². The summed E-state index contributed by atoms with van der Waals surface area (Å²) >= 11 is 5.98. The standard InChI is InChI=1S/C20H22ClNO2/c1-20(2,3)24-19(23)18-17(15-9-11-16(21)12-10-15)22(18)13-14-7-5-4-6-8-14/h4-12,17-18H,13H2,1-3H3/t17-,18+,22?/m1/s1. The first-order valence-corrected chi connectivity index (χ1v) is 8.51. The summed E-state index contributed by atoms with van der Waals surface area (Å²) in [6.45, 7) is 6.41. The van der Waals surface area contributed by atoms with E-state index >= 15 is 0 Å². The number of nitrogens with zero attached hydrogens (tertiary/aromatic N) is 1. The lowest BCUT2D eigenvalue weighted by Gasteiger charge is -2.19. The van der Waals surface area contributed by atoms with Crippen LogP contribution in [0.15, 0.2) is 54.6 Å². The third-order valence-electron chi connectivity index (χ3n) is 3.99. The van der Waals surface area contributed by atoms with Crippen LogP contribution in [0.4, 0.5) is 0 Å². The molecule has 2 aromatic carbocycles. The maximum atomic E-state index is 12.6. The van der Waals surface area contributed by atoms with Crippen molar-refractivity contribution in [3.8, 4) is 0 Å². The molecule has 1 heterocycles. The highest BCUT2D eigenvalue weighted by Gasteiger charge is 2.54. The number of benzene rings is 2. The Hall–Kier alpha value is -1.84. The smallest absolute Gasteiger partial charge is 0.325 e. The molecule has 0 amide bonds. The van der Waals surface area contributed by atoms with Gasteiger partial charge in [0.05, 0.1) is 6.04 Å². The van der Waals surface area contributed by atoms with Crippen LogP contribution >= 0.6 is 11.6 Å². The lowest BCUT2D eigenvalue weighted by Crippen LogP contribution is -2.28. The summed E-state index contributed by atoms with van der Waals surface area (Å²) in [6, 6.07) is 17.6. The first kappa shape index (κ1) is 17.0. The van der Waals surface area contributed by atoms with Gasteiger partial charge in [-0.2, -0.15) is 0 Å². The average molecular weight is 344 g/mol. The molecule has 24 heavy (non-hydrogen) atoms. The third-order valence-corrected chi connectivity index (χ3v) is 4.24. The Bertz CT molecular complexity index is 707. The normalized spacial score (nSPS) is 22.9. The van der Waals surface area contributed by atoms with E-state index in [0.29, 0.717) is 5.02 Å². The van der Waals surface area contributed by atoms with Gasteiger partial charge in [0.1, 0.15) is 11.6 Å². The van der Waals surface area contributed by atoms with Crippen LogP contribution in [0.1, 0.15) is 37.9 Å². The predicted octanol–water partition coefficient (Wildman–Crippen LogP) is 4.61. The largest absolute Gasteiger partial charge is 0.459 e. The van der Waals surface area contributed by atoms with Gasteiger partial charge in [-0.25, -0.2) is 0 Å². The Kier molecular flexibility index (Phi) is 4.66. The van der Waals surface area contributed by atoms with Crippen molar-refractivity contribution >= 4 is 17.6 Å². The highest BCUT2D eigenvalue weighted by Crippen LogP contribution is 2.45. The first-order valence-electron chi connectivity index (χ1n) is 8.13. The Morgan fingerprint density at radius 2 is 1.71 bits per heavy atom. The minimum Gasteiger partial charge on any atom is -0.459 e. The molecule has 2 aromatic rings. The molecule has 1 aliphatic heterocycles. The molecule has 4 heteroatoms. The molecule has 1 unspecified atom stereocenters. The zero-order chi connectivity index (χ0) is 17.3. The highest BCUT2D eigenvalue weighted by molar-refractivity contribution is 6.30. The molecule has 0 N–H and O–H groups in total. The number of esters is 1. The predicted molar refractivity (Wildman–Crippen MR) is 95.8 cm³/mol. The molecule has 1 aliphatic rings. The molecule has 0 saturated carbocycles. The second kappa shape index (κ2) is 6.58. The van der Waals surface area contributed by atoms with E-state index in [9.17, 15) is 4.79 Å². The molecular weight excluding hydrogens is 322 g/mol. The zero-order valence-electron chi connectivity index (χ0n) is 14.2. The van der Waals surface area contributed by atoms with Crippen LogP contribution in [0.5, 0.6) is 0 Å². The quantitative estimate of drug-likeness (QED) is 0.599. The number of carbonyl (C=O) groups excluding carboxylic acids is 1. The Morgan fingerprint density at radius 1 is 1.08 bits per heavy atom. The number of hydrogen-bond acceptors (Lipinski definition) is 3. The van der Waals surface area contributed by atoms with Crippen molar-refractivity contribution < 1.29 is 9.53 Å². The Balaban J connectivity index is 1.80. The molecule has 3 atom stereocenters.